The number of amides is 1. The van der Waals surface area contributed by atoms with Crippen LogP contribution in [0.4, 0.5) is 5.69 Å². The van der Waals surface area contributed by atoms with Crippen LogP contribution < -0.4 is 15.1 Å². The molecule has 176 valence electrons. The highest BCUT2D eigenvalue weighted by atomic mass is 32.2. The lowest BCUT2D eigenvalue weighted by Crippen LogP contribution is -2.60. The van der Waals surface area contributed by atoms with E-state index in [-0.39, 0.29) is 11.5 Å². The van der Waals surface area contributed by atoms with E-state index in [1.807, 2.05) is 24.3 Å². The van der Waals surface area contributed by atoms with E-state index in [0.717, 1.165) is 25.0 Å². The Bertz CT molecular complexity index is 1270. The molecule has 0 aliphatic carbocycles. The van der Waals surface area contributed by atoms with Gasteiger partial charge in [-0.15, -0.1) is 0 Å². The lowest BCUT2D eigenvalue weighted by Gasteiger charge is -2.31. The Kier molecular flexibility index (Phi) is 7.12. The van der Waals surface area contributed by atoms with E-state index in [1.165, 1.54) is 25.8 Å². The number of thioether (sulfide) groups is 1. The molecule has 2 aromatic carbocycles. The highest BCUT2D eigenvalue weighted by Crippen LogP contribution is 2.37. The van der Waals surface area contributed by atoms with Gasteiger partial charge in [0.05, 0.1) is 23.9 Å². The SMILES string of the molecule is CCCCCSc1n[n+]2c(c(=O)[nH]1)-c1ccccc1N(C(C)=O)C2c1ccc(C(=O)OC)cc1. The summed E-state index contributed by atoms with van der Waals surface area (Å²) < 4.78 is 6.42. The number of unbranched alkanes of at least 4 members (excludes halogenated alkanes) is 2. The van der Waals surface area contributed by atoms with Crippen molar-refractivity contribution in [3.05, 3.63) is 70.0 Å². The van der Waals surface area contributed by atoms with Crippen molar-refractivity contribution in [2.75, 3.05) is 17.8 Å². The summed E-state index contributed by atoms with van der Waals surface area (Å²) in [6, 6.07) is 14.1. The molecule has 1 aromatic heterocycles. The number of carbonyl (C=O) groups excluding carboxylic acids is 2. The normalized spacial score (nSPS) is 14.3. The summed E-state index contributed by atoms with van der Waals surface area (Å²) in [5, 5.41) is 5.28. The number of nitrogens with one attached hydrogen (secondary N) is 1. The van der Waals surface area contributed by atoms with Crippen LogP contribution in [0.5, 0.6) is 0 Å². The highest BCUT2D eigenvalue weighted by Gasteiger charge is 2.44. The molecular weight excluding hydrogens is 452 g/mol. The lowest BCUT2D eigenvalue weighted by atomic mass is 10.0. The monoisotopic (exact) mass is 479 g/mol. The number of aromatic amines is 1. The van der Waals surface area contributed by atoms with Crippen molar-refractivity contribution in [1.82, 2.24) is 10.1 Å². The van der Waals surface area contributed by atoms with E-state index in [1.54, 1.807) is 33.8 Å². The number of H-pyrrole nitrogens is 1. The van der Waals surface area contributed by atoms with Crippen LogP contribution in [0.3, 0.4) is 0 Å². The van der Waals surface area contributed by atoms with Crippen LogP contribution in [-0.4, -0.2) is 34.8 Å². The summed E-state index contributed by atoms with van der Waals surface area (Å²) in [5.41, 5.74) is 2.49. The van der Waals surface area contributed by atoms with Crippen LogP contribution in [0, 0.1) is 0 Å². The molecule has 1 amide bonds. The van der Waals surface area contributed by atoms with Crippen LogP contribution >= 0.6 is 11.8 Å². The standard InChI is InChI=1S/C25H26N4O4S/c1-4-5-8-15-34-25-26-22(31)21-19-9-6-7-10-20(19)28(16(2)30)23(29(21)27-25)17-11-13-18(14-12-17)24(32)33-3/h6-7,9-14,23H,4-5,8,15H2,1-3H3/p+1. The number of hydrogen-bond acceptors (Lipinski definition) is 6. The van der Waals surface area contributed by atoms with Crippen LogP contribution in [0.25, 0.3) is 11.3 Å². The minimum atomic E-state index is -0.689. The van der Waals surface area contributed by atoms with E-state index in [2.05, 4.69) is 11.9 Å². The minimum Gasteiger partial charge on any atom is -0.465 e. The molecule has 34 heavy (non-hydrogen) atoms. The molecule has 0 saturated carbocycles. The molecular formula is C25H27N4O4S+. The second-order valence-corrected chi connectivity index (χ2v) is 9.09. The first-order valence-electron chi connectivity index (χ1n) is 11.2. The van der Waals surface area contributed by atoms with E-state index < -0.39 is 12.1 Å². The fourth-order valence-corrected chi connectivity index (χ4v) is 4.96. The Balaban J connectivity index is 1.88. The summed E-state index contributed by atoms with van der Waals surface area (Å²) in [5.74, 6) is 0.200. The van der Waals surface area contributed by atoms with Gasteiger partial charge >= 0.3 is 17.2 Å². The summed E-state index contributed by atoms with van der Waals surface area (Å²) in [4.78, 5) is 42.7. The van der Waals surface area contributed by atoms with E-state index in [9.17, 15) is 14.4 Å². The van der Waals surface area contributed by atoms with Gasteiger partial charge in [0.15, 0.2) is 0 Å². The third-order valence-electron chi connectivity index (χ3n) is 5.71. The fraction of sp³-hybridized carbons (Fsp3) is 0.320. The molecule has 3 aromatic rings. The van der Waals surface area contributed by atoms with Crippen molar-refractivity contribution in [2.24, 2.45) is 0 Å². The number of esters is 1. The van der Waals surface area contributed by atoms with E-state index in [0.29, 0.717) is 33.2 Å². The van der Waals surface area contributed by atoms with E-state index in [4.69, 9.17) is 9.84 Å². The van der Waals surface area contributed by atoms with Gasteiger partial charge in [0.1, 0.15) is 0 Å². The molecule has 9 heteroatoms. The van der Waals surface area contributed by atoms with Crippen molar-refractivity contribution >= 4 is 29.3 Å². The number of ether oxygens (including phenoxy) is 1. The van der Waals surface area contributed by atoms with Gasteiger partial charge in [-0.1, -0.05) is 43.7 Å². The smallest absolute Gasteiger partial charge is 0.337 e. The lowest BCUT2D eigenvalue weighted by molar-refractivity contribution is -0.763. The van der Waals surface area contributed by atoms with Gasteiger partial charge in [0, 0.05) is 23.3 Å². The second kappa shape index (κ2) is 10.2. The summed E-state index contributed by atoms with van der Waals surface area (Å²) in [6.45, 7) is 3.63. The molecule has 1 unspecified atom stereocenters. The zero-order valence-corrected chi connectivity index (χ0v) is 20.2. The molecule has 0 radical (unpaired) electrons. The molecule has 0 fully saturated rings. The number of hydrogen-bond donors (Lipinski definition) is 1. The van der Waals surface area contributed by atoms with Crippen molar-refractivity contribution in [3.8, 4) is 11.3 Å². The largest absolute Gasteiger partial charge is 0.465 e. The molecule has 1 aliphatic rings. The maximum absolute atomic E-state index is 13.3. The molecule has 1 atom stereocenters. The van der Waals surface area contributed by atoms with Crippen molar-refractivity contribution in [2.45, 2.75) is 44.4 Å². The number of aromatic nitrogens is 3. The van der Waals surface area contributed by atoms with Gasteiger partial charge in [0.2, 0.25) is 11.1 Å². The van der Waals surface area contributed by atoms with Gasteiger partial charge in [-0.05, 0) is 47.5 Å². The predicted octanol–water partition coefficient (Wildman–Crippen LogP) is 3.71. The quantitative estimate of drug-likeness (QED) is 0.240. The fourth-order valence-electron chi connectivity index (χ4n) is 4.11. The van der Waals surface area contributed by atoms with Gasteiger partial charge in [0.25, 0.3) is 6.17 Å². The summed E-state index contributed by atoms with van der Waals surface area (Å²) in [6.07, 6.45) is 2.55. The van der Waals surface area contributed by atoms with Crippen molar-refractivity contribution in [3.63, 3.8) is 0 Å². The van der Waals surface area contributed by atoms with E-state index >= 15 is 0 Å². The average molecular weight is 480 g/mol. The third-order valence-corrected chi connectivity index (χ3v) is 6.66. The summed E-state index contributed by atoms with van der Waals surface area (Å²) in [7, 11) is 1.33. The Morgan fingerprint density at radius 2 is 1.88 bits per heavy atom. The van der Waals surface area contributed by atoms with Crippen LogP contribution in [0.2, 0.25) is 0 Å². The van der Waals surface area contributed by atoms with Gasteiger partial charge in [-0.25, -0.2) is 9.69 Å². The third kappa shape index (κ3) is 4.48. The molecule has 1 aliphatic heterocycles. The Morgan fingerprint density at radius 3 is 2.56 bits per heavy atom. The molecule has 0 bridgehead atoms. The maximum Gasteiger partial charge on any atom is 0.337 e. The number of nitrogens with zero attached hydrogens (tertiary/aromatic N) is 3. The number of benzene rings is 2. The zero-order chi connectivity index (χ0) is 24.2. The highest BCUT2D eigenvalue weighted by molar-refractivity contribution is 7.99. The van der Waals surface area contributed by atoms with Gasteiger partial charge < -0.3 is 4.74 Å². The first-order valence-corrected chi connectivity index (χ1v) is 12.2. The number of rotatable bonds is 7. The number of fused-ring (bicyclic) bond motifs is 3. The Morgan fingerprint density at radius 1 is 1.15 bits per heavy atom. The number of para-hydroxylation sites is 1. The van der Waals surface area contributed by atoms with Gasteiger partial charge in [-0.3, -0.25) is 14.6 Å². The predicted molar refractivity (Wildman–Crippen MR) is 130 cm³/mol. The first kappa shape index (κ1) is 23.7. The van der Waals surface area contributed by atoms with Gasteiger partial charge in [-0.2, -0.15) is 0 Å². The minimum absolute atomic E-state index is 0.188. The van der Waals surface area contributed by atoms with Crippen LogP contribution in [-0.2, 0) is 9.53 Å². The first-order chi connectivity index (χ1) is 16.5. The molecule has 1 N–H and O–H groups in total. The Hall–Kier alpha value is -3.46. The maximum atomic E-state index is 13.3. The molecule has 0 saturated heterocycles. The molecule has 2 heterocycles. The molecule has 0 spiro atoms. The molecule has 8 nitrogen and oxygen atoms in total. The molecule has 4 rings (SSSR count). The zero-order valence-electron chi connectivity index (χ0n) is 19.4. The topological polar surface area (TPSA) is 96.2 Å². The van der Waals surface area contributed by atoms with Crippen LogP contribution in [0.1, 0.15) is 55.2 Å². The van der Waals surface area contributed by atoms with Crippen molar-refractivity contribution in [1.29, 1.82) is 0 Å². The summed E-state index contributed by atoms with van der Waals surface area (Å²) >= 11 is 1.49. The van der Waals surface area contributed by atoms with Crippen LogP contribution in [0.15, 0.2) is 58.5 Å². The average Bonchev–Trinajstić information content (AvgIpc) is 2.85. The number of carbonyl (C=O) groups is 2. The second-order valence-electron chi connectivity index (χ2n) is 8.00. The van der Waals surface area contributed by atoms with Crippen molar-refractivity contribution < 1.29 is 19.0 Å². The number of anilines is 1. The Labute approximate surface area is 202 Å². The number of methoxy groups -OCH3 is 1.